The van der Waals surface area contributed by atoms with Gasteiger partial charge in [0, 0.05) is 19.2 Å². The predicted octanol–water partition coefficient (Wildman–Crippen LogP) is 3.33. The van der Waals surface area contributed by atoms with E-state index in [0.29, 0.717) is 6.04 Å². The van der Waals surface area contributed by atoms with Crippen LogP contribution in [-0.4, -0.2) is 25.8 Å². The third-order valence-corrected chi connectivity index (χ3v) is 3.43. The van der Waals surface area contributed by atoms with E-state index in [1.807, 2.05) is 0 Å². The van der Waals surface area contributed by atoms with Gasteiger partial charge in [0.25, 0.3) is 0 Å². The molecule has 0 bridgehead atoms. The quantitative estimate of drug-likeness (QED) is 0.683. The highest BCUT2D eigenvalue weighted by Crippen LogP contribution is 2.08. The summed E-state index contributed by atoms with van der Waals surface area (Å²) in [6, 6.07) is 2.72. The Morgan fingerprint density at radius 1 is 1.29 bits per heavy atom. The van der Waals surface area contributed by atoms with Crippen LogP contribution in [0.4, 0.5) is 0 Å². The van der Waals surface area contributed by atoms with Crippen molar-refractivity contribution in [2.24, 2.45) is 5.92 Å². The lowest BCUT2D eigenvalue weighted by atomic mass is 10.1. The van der Waals surface area contributed by atoms with Crippen molar-refractivity contribution in [3.8, 4) is 0 Å². The van der Waals surface area contributed by atoms with Gasteiger partial charge in [0.1, 0.15) is 0 Å². The Kier molecular flexibility index (Phi) is 7.49. The Balaban J connectivity index is 1.95. The molecule has 3 heteroatoms. The summed E-state index contributed by atoms with van der Waals surface area (Å²) in [5, 5.41) is 7.84. The number of nitrogens with one attached hydrogen (secondary N) is 1. The van der Waals surface area contributed by atoms with Crippen LogP contribution in [0.3, 0.4) is 0 Å². The van der Waals surface area contributed by atoms with Crippen molar-refractivity contribution in [3.63, 3.8) is 0 Å². The molecule has 0 spiro atoms. The molecule has 0 aromatic carbocycles. The Morgan fingerprint density at radius 2 is 2.12 bits per heavy atom. The monoisotopic (exact) mass is 255 g/mol. The fourth-order valence-corrected chi connectivity index (χ4v) is 2.31. The summed E-state index contributed by atoms with van der Waals surface area (Å²) in [5.74, 6) is 0.737. The molecule has 98 valence electrons. The average molecular weight is 255 g/mol. The Morgan fingerprint density at radius 3 is 2.76 bits per heavy atom. The van der Waals surface area contributed by atoms with Crippen LogP contribution in [0.15, 0.2) is 16.8 Å². The van der Waals surface area contributed by atoms with Gasteiger partial charge in [-0.3, -0.25) is 0 Å². The normalized spacial score (nSPS) is 13.2. The molecular formula is C14H25NOS. The van der Waals surface area contributed by atoms with E-state index in [1.54, 1.807) is 11.3 Å². The summed E-state index contributed by atoms with van der Waals surface area (Å²) in [5.41, 5.74) is 1.43. The van der Waals surface area contributed by atoms with Crippen LogP contribution >= 0.6 is 11.3 Å². The summed E-state index contributed by atoms with van der Waals surface area (Å²) in [7, 11) is 0. The van der Waals surface area contributed by atoms with Crippen LogP contribution in [0.1, 0.15) is 32.8 Å². The molecule has 17 heavy (non-hydrogen) atoms. The SMILES string of the molecule is CC(C)CCOCCNC(C)Cc1ccsc1. The van der Waals surface area contributed by atoms with Crippen LogP contribution in [0.5, 0.6) is 0 Å². The molecule has 1 atom stereocenters. The second kappa shape index (κ2) is 8.67. The third kappa shape index (κ3) is 7.53. The molecule has 1 heterocycles. The van der Waals surface area contributed by atoms with Crippen molar-refractivity contribution in [1.82, 2.24) is 5.32 Å². The van der Waals surface area contributed by atoms with Crippen molar-refractivity contribution in [2.45, 2.75) is 39.7 Å². The first-order valence-electron chi connectivity index (χ1n) is 6.50. The maximum absolute atomic E-state index is 5.57. The second-order valence-corrected chi connectivity index (χ2v) is 5.77. The van der Waals surface area contributed by atoms with E-state index in [9.17, 15) is 0 Å². The Labute approximate surface area is 109 Å². The molecular weight excluding hydrogens is 230 g/mol. The van der Waals surface area contributed by atoms with Gasteiger partial charge in [0.05, 0.1) is 6.61 Å². The molecule has 0 amide bonds. The summed E-state index contributed by atoms with van der Waals surface area (Å²) >= 11 is 1.77. The van der Waals surface area contributed by atoms with E-state index in [2.05, 4.69) is 42.9 Å². The van der Waals surface area contributed by atoms with Gasteiger partial charge in [-0.1, -0.05) is 13.8 Å². The van der Waals surface area contributed by atoms with Crippen LogP contribution in [0, 0.1) is 5.92 Å². The molecule has 0 aliphatic carbocycles. The number of rotatable bonds is 9. The maximum Gasteiger partial charge on any atom is 0.0591 e. The van der Waals surface area contributed by atoms with Crippen LogP contribution in [0.2, 0.25) is 0 Å². The van der Waals surface area contributed by atoms with E-state index in [0.717, 1.165) is 38.5 Å². The summed E-state index contributed by atoms with van der Waals surface area (Å²) in [4.78, 5) is 0. The Bertz CT molecular complexity index is 272. The van der Waals surface area contributed by atoms with Gasteiger partial charge in [-0.25, -0.2) is 0 Å². The first-order chi connectivity index (χ1) is 8.18. The lowest BCUT2D eigenvalue weighted by Crippen LogP contribution is -2.31. The molecule has 1 unspecified atom stereocenters. The topological polar surface area (TPSA) is 21.3 Å². The lowest BCUT2D eigenvalue weighted by Gasteiger charge is -2.13. The minimum absolute atomic E-state index is 0.526. The third-order valence-electron chi connectivity index (χ3n) is 2.70. The average Bonchev–Trinajstić information content (AvgIpc) is 2.75. The van der Waals surface area contributed by atoms with Gasteiger partial charge in [0.15, 0.2) is 0 Å². The van der Waals surface area contributed by atoms with E-state index < -0.39 is 0 Å². The fourth-order valence-electron chi connectivity index (χ4n) is 1.63. The van der Waals surface area contributed by atoms with Gasteiger partial charge >= 0.3 is 0 Å². The van der Waals surface area contributed by atoms with Crippen molar-refractivity contribution < 1.29 is 4.74 Å². The van der Waals surface area contributed by atoms with Crippen molar-refractivity contribution in [1.29, 1.82) is 0 Å². The second-order valence-electron chi connectivity index (χ2n) is 4.99. The van der Waals surface area contributed by atoms with E-state index in [4.69, 9.17) is 4.74 Å². The van der Waals surface area contributed by atoms with Crippen molar-refractivity contribution in [2.75, 3.05) is 19.8 Å². The Hall–Kier alpha value is -0.380. The first-order valence-corrected chi connectivity index (χ1v) is 7.45. The number of thiophene rings is 1. The zero-order valence-electron chi connectivity index (χ0n) is 11.2. The molecule has 1 N–H and O–H groups in total. The predicted molar refractivity (Wildman–Crippen MR) is 75.8 cm³/mol. The van der Waals surface area contributed by atoms with E-state index in [-0.39, 0.29) is 0 Å². The van der Waals surface area contributed by atoms with Gasteiger partial charge in [-0.15, -0.1) is 0 Å². The smallest absolute Gasteiger partial charge is 0.0591 e. The number of ether oxygens (including phenoxy) is 1. The van der Waals surface area contributed by atoms with E-state index >= 15 is 0 Å². The molecule has 0 fully saturated rings. The highest BCUT2D eigenvalue weighted by molar-refractivity contribution is 7.07. The summed E-state index contributed by atoms with van der Waals surface area (Å²) in [6.07, 6.45) is 2.26. The summed E-state index contributed by atoms with van der Waals surface area (Å²) < 4.78 is 5.57. The molecule has 1 aromatic rings. The lowest BCUT2D eigenvalue weighted by molar-refractivity contribution is 0.123. The van der Waals surface area contributed by atoms with Crippen molar-refractivity contribution in [3.05, 3.63) is 22.4 Å². The minimum Gasteiger partial charge on any atom is -0.380 e. The molecule has 1 aromatic heterocycles. The van der Waals surface area contributed by atoms with E-state index in [1.165, 1.54) is 5.56 Å². The zero-order valence-corrected chi connectivity index (χ0v) is 12.1. The molecule has 2 nitrogen and oxygen atoms in total. The molecule has 1 rings (SSSR count). The highest BCUT2D eigenvalue weighted by Gasteiger charge is 2.02. The van der Waals surface area contributed by atoms with Crippen LogP contribution < -0.4 is 5.32 Å². The maximum atomic E-state index is 5.57. The van der Waals surface area contributed by atoms with Gasteiger partial charge in [-0.2, -0.15) is 11.3 Å². The number of hydrogen-bond donors (Lipinski definition) is 1. The first kappa shape index (κ1) is 14.7. The standard InChI is InChI=1S/C14H25NOS/c1-12(2)4-7-16-8-6-15-13(3)10-14-5-9-17-11-14/h5,9,11-13,15H,4,6-8,10H2,1-3H3. The molecule has 0 saturated heterocycles. The van der Waals surface area contributed by atoms with Crippen LogP contribution in [0.25, 0.3) is 0 Å². The highest BCUT2D eigenvalue weighted by atomic mass is 32.1. The van der Waals surface area contributed by atoms with Crippen molar-refractivity contribution >= 4 is 11.3 Å². The fraction of sp³-hybridized carbons (Fsp3) is 0.714. The van der Waals surface area contributed by atoms with Gasteiger partial charge in [0.2, 0.25) is 0 Å². The van der Waals surface area contributed by atoms with Gasteiger partial charge in [-0.05, 0) is 48.1 Å². The summed E-state index contributed by atoms with van der Waals surface area (Å²) in [6.45, 7) is 9.34. The molecule has 0 aliphatic rings. The molecule has 0 saturated carbocycles. The molecule has 0 aliphatic heterocycles. The number of hydrogen-bond acceptors (Lipinski definition) is 3. The minimum atomic E-state index is 0.526. The van der Waals surface area contributed by atoms with Gasteiger partial charge < -0.3 is 10.1 Å². The van der Waals surface area contributed by atoms with Crippen LogP contribution in [-0.2, 0) is 11.2 Å². The molecule has 0 radical (unpaired) electrons. The zero-order chi connectivity index (χ0) is 12.5. The largest absolute Gasteiger partial charge is 0.380 e.